The van der Waals surface area contributed by atoms with Gasteiger partial charge in [0.1, 0.15) is 6.17 Å². The van der Waals surface area contributed by atoms with E-state index in [-0.39, 0.29) is 6.17 Å². The van der Waals surface area contributed by atoms with Gasteiger partial charge in [0, 0.05) is 29.7 Å². The number of hydrogen-bond donors (Lipinski definition) is 2. The van der Waals surface area contributed by atoms with Gasteiger partial charge in [-0.1, -0.05) is 18.2 Å². The highest BCUT2D eigenvalue weighted by Gasteiger charge is 2.31. The first kappa shape index (κ1) is 15.4. The summed E-state index contributed by atoms with van der Waals surface area (Å²) >= 11 is 0. The quantitative estimate of drug-likeness (QED) is 0.840. The number of hydrogen-bond acceptors (Lipinski definition) is 4. The molecule has 1 aromatic rings. The molecule has 23 heavy (non-hydrogen) atoms. The molecular weight excluding hydrogens is 286 g/mol. The van der Waals surface area contributed by atoms with E-state index in [0.29, 0.717) is 5.57 Å². The highest BCUT2D eigenvalue weighted by molar-refractivity contribution is 5.78. The second-order valence-electron chi connectivity index (χ2n) is 6.24. The lowest BCUT2D eigenvalue weighted by Crippen LogP contribution is -2.42. The minimum absolute atomic E-state index is 0.0445. The fourth-order valence-electron chi connectivity index (χ4n) is 3.15. The van der Waals surface area contributed by atoms with Crippen molar-refractivity contribution in [1.29, 1.82) is 0 Å². The Hall–Kier alpha value is -2.49. The monoisotopic (exact) mass is 309 g/mol. The minimum atomic E-state index is 0.0445. The lowest BCUT2D eigenvalue weighted by molar-refractivity contribution is -0.104. The van der Waals surface area contributed by atoms with Crippen molar-refractivity contribution in [3.05, 3.63) is 69.8 Å². The Bertz CT molecular complexity index is 723. The molecule has 0 amide bonds. The molecule has 3 rings (SSSR count). The van der Waals surface area contributed by atoms with Gasteiger partial charge < -0.3 is 15.5 Å². The van der Waals surface area contributed by atoms with E-state index in [4.69, 9.17) is 0 Å². The lowest BCUT2D eigenvalue weighted by atomic mass is 10.0. The van der Waals surface area contributed by atoms with Crippen LogP contribution in [0, 0.1) is 13.8 Å². The number of aryl methyl sites for hydroxylation is 2. The van der Waals surface area contributed by atoms with E-state index in [2.05, 4.69) is 61.4 Å². The first-order valence-electron chi connectivity index (χ1n) is 7.91. The summed E-state index contributed by atoms with van der Waals surface area (Å²) in [5.41, 5.74) is 7.85. The number of rotatable bonds is 4. The number of allylic oxidation sites excluding steroid dienone is 4. The standard InChI is InChI=1S/C19H23N3O/c1-12-6-5-7-13(2)17(12)9-20-18-8-16(11-23)10-22-15(4)14(3)21-19(18)22/h5-8,10-11,19-21H,9H2,1-4H3. The molecule has 1 unspecified atom stereocenters. The van der Waals surface area contributed by atoms with Gasteiger partial charge >= 0.3 is 0 Å². The smallest absolute Gasteiger partial charge is 0.151 e. The van der Waals surface area contributed by atoms with Gasteiger partial charge in [-0.2, -0.15) is 0 Å². The van der Waals surface area contributed by atoms with Crippen LogP contribution in [0.15, 0.2) is 53.1 Å². The molecule has 1 atom stereocenters. The molecule has 0 aromatic heterocycles. The second kappa shape index (κ2) is 5.95. The van der Waals surface area contributed by atoms with Crippen molar-refractivity contribution >= 4 is 6.29 Å². The van der Waals surface area contributed by atoms with Crippen LogP contribution in [0.2, 0.25) is 0 Å². The van der Waals surface area contributed by atoms with E-state index in [0.717, 1.165) is 29.9 Å². The van der Waals surface area contributed by atoms with Crippen molar-refractivity contribution in [1.82, 2.24) is 15.5 Å². The summed E-state index contributed by atoms with van der Waals surface area (Å²) in [6, 6.07) is 6.34. The topological polar surface area (TPSA) is 44.4 Å². The number of benzene rings is 1. The van der Waals surface area contributed by atoms with E-state index in [1.165, 1.54) is 16.7 Å². The van der Waals surface area contributed by atoms with Crippen LogP contribution in [-0.4, -0.2) is 17.4 Å². The fourth-order valence-corrected chi connectivity index (χ4v) is 3.15. The van der Waals surface area contributed by atoms with Crippen LogP contribution in [0.25, 0.3) is 0 Å². The maximum absolute atomic E-state index is 11.3. The van der Waals surface area contributed by atoms with Crippen LogP contribution in [-0.2, 0) is 11.3 Å². The fraction of sp³-hybridized carbons (Fsp3) is 0.316. The lowest BCUT2D eigenvalue weighted by Gasteiger charge is -2.31. The van der Waals surface area contributed by atoms with Crippen LogP contribution in [0.1, 0.15) is 30.5 Å². The Morgan fingerprint density at radius 3 is 2.57 bits per heavy atom. The molecule has 0 saturated heterocycles. The Balaban J connectivity index is 1.84. The zero-order chi connectivity index (χ0) is 16.6. The van der Waals surface area contributed by atoms with Crippen molar-refractivity contribution in [2.24, 2.45) is 0 Å². The Labute approximate surface area is 137 Å². The van der Waals surface area contributed by atoms with Gasteiger partial charge in [0.05, 0.1) is 5.70 Å². The summed E-state index contributed by atoms with van der Waals surface area (Å²) < 4.78 is 0. The van der Waals surface area contributed by atoms with Gasteiger partial charge in [-0.3, -0.25) is 4.79 Å². The molecule has 4 nitrogen and oxygen atoms in total. The maximum atomic E-state index is 11.3. The molecule has 0 radical (unpaired) electrons. The zero-order valence-electron chi connectivity index (χ0n) is 14.1. The number of fused-ring (bicyclic) bond motifs is 1. The third-order valence-electron chi connectivity index (χ3n) is 4.72. The Morgan fingerprint density at radius 1 is 1.22 bits per heavy atom. The van der Waals surface area contributed by atoms with E-state index < -0.39 is 0 Å². The van der Waals surface area contributed by atoms with Crippen LogP contribution in [0.5, 0.6) is 0 Å². The first-order chi connectivity index (χ1) is 11.0. The summed E-state index contributed by atoms with van der Waals surface area (Å²) in [4.78, 5) is 13.4. The molecule has 0 bridgehead atoms. The van der Waals surface area contributed by atoms with Gasteiger partial charge in [-0.25, -0.2) is 0 Å². The van der Waals surface area contributed by atoms with Crippen molar-refractivity contribution in [2.75, 3.05) is 0 Å². The largest absolute Gasteiger partial charge is 0.381 e. The van der Waals surface area contributed by atoms with Gasteiger partial charge in [-0.05, 0) is 50.5 Å². The molecule has 2 aliphatic rings. The summed E-state index contributed by atoms with van der Waals surface area (Å²) in [5, 5.41) is 7.01. The number of carbonyl (C=O) groups is 1. The summed E-state index contributed by atoms with van der Waals surface area (Å²) in [6.45, 7) is 9.14. The van der Waals surface area contributed by atoms with Crippen molar-refractivity contribution in [2.45, 2.75) is 40.4 Å². The average Bonchev–Trinajstić information content (AvgIpc) is 2.82. The molecule has 0 spiro atoms. The average molecular weight is 309 g/mol. The third kappa shape index (κ3) is 2.77. The van der Waals surface area contributed by atoms with Crippen molar-refractivity contribution < 1.29 is 4.79 Å². The normalized spacial score (nSPS) is 19.8. The minimum Gasteiger partial charge on any atom is -0.381 e. The molecule has 1 aromatic carbocycles. The van der Waals surface area contributed by atoms with Crippen LogP contribution in [0.4, 0.5) is 0 Å². The zero-order valence-corrected chi connectivity index (χ0v) is 14.1. The van der Waals surface area contributed by atoms with Gasteiger partial charge in [-0.15, -0.1) is 0 Å². The van der Waals surface area contributed by atoms with E-state index >= 15 is 0 Å². The van der Waals surface area contributed by atoms with Crippen LogP contribution >= 0.6 is 0 Å². The van der Waals surface area contributed by atoms with Crippen molar-refractivity contribution in [3.8, 4) is 0 Å². The number of nitrogens with zero attached hydrogens (tertiary/aromatic N) is 1. The van der Waals surface area contributed by atoms with E-state index in [1.54, 1.807) is 0 Å². The predicted molar refractivity (Wildman–Crippen MR) is 92.1 cm³/mol. The number of nitrogens with one attached hydrogen (secondary N) is 2. The summed E-state index contributed by atoms with van der Waals surface area (Å²) in [6.07, 6.45) is 4.78. The molecule has 2 aliphatic heterocycles. The highest BCUT2D eigenvalue weighted by atomic mass is 16.1. The summed E-state index contributed by atoms with van der Waals surface area (Å²) in [5.74, 6) is 0. The molecule has 2 heterocycles. The number of carbonyl (C=O) groups excluding carboxylic acids is 1. The van der Waals surface area contributed by atoms with E-state index in [9.17, 15) is 4.79 Å². The Kier molecular flexibility index (Phi) is 3.99. The van der Waals surface area contributed by atoms with Crippen molar-refractivity contribution in [3.63, 3.8) is 0 Å². The van der Waals surface area contributed by atoms with Crippen LogP contribution < -0.4 is 10.6 Å². The highest BCUT2D eigenvalue weighted by Crippen LogP contribution is 2.28. The van der Waals surface area contributed by atoms with Crippen LogP contribution in [0.3, 0.4) is 0 Å². The molecule has 0 aliphatic carbocycles. The second-order valence-corrected chi connectivity index (χ2v) is 6.24. The Morgan fingerprint density at radius 2 is 1.91 bits per heavy atom. The molecule has 0 saturated carbocycles. The molecule has 0 fully saturated rings. The predicted octanol–water partition coefficient (Wildman–Crippen LogP) is 2.86. The molecule has 4 heteroatoms. The van der Waals surface area contributed by atoms with Gasteiger partial charge in [0.15, 0.2) is 6.29 Å². The SMILES string of the molecule is CC1=C(C)N2C=C(C=O)C=C(NCc3c(C)cccc3C)C2N1. The van der Waals surface area contributed by atoms with E-state index in [1.807, 2.05) is 12.3 Å². The maximum Gasteiger partial charge on any atom is 0.151 e. The van der Waals surface area contributed by atoms with Gasteiger partial charge in [0.2, 0.25) is 0 Å². The molecule has 2 N–H and O–H groups in total. The molecular formula is C19H23N3O. The van der Waals surface area contributed by atoms with Gasteiger partial charge in [0.25, 0.3) is 0 Å². The molecule has 120 valence electrons. The first-order valence-corrected chi connectivity index (χ1v) is 7.91. The number of aldehydes is 1. The third-order valence-corrected chi connectivity index (χ3v) is 4.72. The summed E-state index contributed by atoms with van der Waals surface area (Å²) in [7, 11) is 0.